The first kappa shape index (κ1) is 28.7. The normalized spacial score (nSPS) is 16.6. The van der Waals surface area contributed by atoms with Gasteiger partial charge in [-0.2, -0.15) is 0 Å². The molecule has 41 heavy (non-hydrogen) atoms. The van der Waals surface area contributed by atoms with E-state index in [1.165, 1.54) is 35.0 Å². The summed E-state index contributed by atoms with van der Waals surface area (Å²) in [6, 6.07) is 12.2. The maximum atomic E-state index is 14.2. The molecule has 1 amide bonds. The van der Waals surface area contributed by atoms with Crippen LogP contribution in [0.4, 0.5) is 11.6 Å². The van der Waals surface area contributed by atoms with Crippen LogP contribution in [0.2, 0.25) is 10.0 Å². The number of amides is 1. The van der Waals surface area contributed by atoms with Crippen LogP contribution in [0.15, 0.2) is 72.4 Å². The van der Waals surface area contributed by atoms with Gasteiger partial charge in [-0.1, -0.05) is 47.5 Å². The van der Waals surface area contributed by atoms with Crippen LogP contribution in [0, 0.1) is 0 Å². The van der Waals surface area contributed by atoms with Gasteiger partial charge in [0, 0.05) is 41.3 Å². The Morgan fingerprint density at radius 2 is 1.66 bits per heavy atom. The van der Waals surface area contributed by atoms with E-state index in [0.29, 0.717) is 15.7 Å². The molecule has 2 aromatic carbocycles. The minimum Gasteiger partial charge on any atom is -0.466 e. The smallest absolute Gasteiger partial charge is 0.302 e. The topological polar surface area (TPSA) is 124 Å². The van der Waals surface area contributed by atoms with E-state index in [-0.39, 0.29) is 36.2 Å². The molecule has 3 heterocycles. The Bertz CT molecular complexity index is 1710. The van der Waals surface area contributed by atoms with Gasteiger partial charge in [-0.25, -0.2) is 28.3 Å². The number of anilines is 2. The highest BCUT2D eigenvalue weighted by Gasteiger charge is 2.51. The molecular weight excluding hydrogens is 589 g/mol. The van der Waals surface area contributed by atoms with E-state index in [4.69, 9.17) is 27.9 Å². The molecule has 0 unspecified atom stereocenters. The zero-order valence-electron chi connectivity index (χ0n) is 22.1. The van der Waals surface area contributed by atoms with E-state index in [9.17, 15) is 18.0 Å². The first-order valence-electron chi connectivity index (χ1n) is 12.6. The number of halogens is 2. The Balaban J connectivity index is 1.55. The van der Waals surface area contributed by atoms with Gasteiger partial charge in [0.1, 0.15) is 11.9 Å². The number of hydrogen-bond donors (Lipinski definition) is 0. The Morgan fingerprint density at radius 3 is 2.29 bits per heavy atom. The van der Waals surface area contributed by atoms with Gasteiger partial charge in [0.05, 0.1) is 24.2 Å². The minimum atomic E-state index is -3.93. The highest BCUT2D eigenvalue weighted by Crippen LogP contribution is 2.44. The van der Waals surface area contributed by atoms with E-state index in [1.54, 1.807) is 31.5 Å². The number of carbonyl (C=O) groups excluding carboxylic acids is 2. The summed E-state index contributed by atoms with van der Waals surface area (Å²) in [6.45, 7) is 2.90. The average Bonchev–Trinajstić information content (AvgIpc) is 3.45. The lowest BCUT2D eigenvalue weighted by Crippen LogP contribution is -2.42. The predicted molar refractivity (Wildman–Crippen MR) is 154 cm³/mol. The lowest BCUT2D eigenvalue weighted by molar-refractivity contribution is -0.140. The van der Waals surface area contributed by atoms with Gasteiger partial charge in [-0.15, -0.1) is 0 Å². The van der Waals surface area contributed by atoms with Crippen LogP contribution >= 0.6 is 23.2 Å². The fraction of sp³-hybridized carbons (Fsp3) is 0.250. The molecule has 1 atom stereocenters. The first-order valence-corrected chi connectivity index (χ1v) is 15.0. The third kappa shape index (κ3) is 5.70. The summed E-state index contributed by atoms with van der Waals surface area (Å²) in [7, 11) is -3.93. The second-order valence-electron chi connectivity index (χ2n) is 9.79. The molecule has 5 rings (SSSR count). The molecule has 4 aromatic rings. The number of ether oxygens (including phenoxy) is 1. The molecule has 2 aromatic heterocycles. The van der Waals surface area contributed by atoms with Gasteiger partial charge in [0.15, 0.2) is 14.9 Å². The summed E-state index contributed by atoms with van der Waals surface area (Å²) < 4.78 is 33.4. The molecule has 0 saturated heterocycles. The van der Waals surface area contributed by atoms with E-state index in [0.717, 1.165) is 16.7 Å². The molecule has 1 aliphatic heterocycles. The van der Waals surface area contributed by atoms with E-state index in [2.05, 4.69) is 15.0 Å². The molecule has 0 N–H and O–H groups in total. The SMILES string of the molecule is CC(=O)OCCCS(=O)(=O)c1cnc2n1[C@](C)(Cc1ccc(-c3cncnc3)cc1)C(=O)N2c1cc(Cl)cc(Cl)c1. The molecule has 0 spiro atoms. The summed E-state index contributed by atoms with van der Waals surface area (Å²) in [4.78, 5) is 39.1. The summed E-state index contributed by atoms with van der Waals surface area (Å²) in [5.74, 6) is -1.05. The van der Waals surface area contributed by atoms with Gasteiger partial charge < -0.3 is 4.74 Å². The fourth-order valence-corrected chi connectivity index (χ4v) is 6.88. The summed E-state index contributed by atoms with van der Waals surface area (Å²) >= 11 is 12.5. The molecule has 13 heteroatoms. The number of nitrogens with zero attached hydrogens (tertiary/aromatic N) is 5. The number of imidazole rings is 1. The second-order valence-corrected chi connectivity index (χ2v) is 12.7. The fourth-order valence-electron chi connectivity index (χ4n) is 4.88. The zero-order chi connectivity index (χ0) is 29.4. The van der Waals surface area contributed by atoms with Crippen LogP contribution in [0.3, 0.4) is 0 Å². The minimum absolute atomic E-state index is 0.0440. The van der Waals surface area contributed by atoms with E-state index >= 15 is 0 Å². The van der Waals surface area contributed by atoms with Crippen molar-refractivity contribution in [2.24, 2.45) is 0 Å². The Kier molecular flexibility index (Phi) is 7.87. The molecule has 0 bridgehead atoms. The van der Waals surface area contributed by atoms with Crippen molar-refractivity contribution in [3.05, 3.63) is 83.0 Å². The van der Waals surface area contributed by atoms with Gasteiger partial charge in [0.2, 0.25) is 5.95 Å². The van der Waals surface area contributed by atoms with Crippen molar-refractivity contribution in [2.45, 2.75) is 37.3 Å². The van der Waals surface area contributed by atoms with Crippen molar-refractivity contribution in [1.29, 1.82) is 0 Å². The van der Waals surface area contributed by atoms with Crippen molar-refractivity contribution in [2.75, 3.05) is 17.3 Å². The maximum Gasteiger partial charge on any atom is 0.302 e. The quantitative estimate of drug-likeness (QED) is 0.190. The lowest BCUT2D eigenvalue weighted by Gasteiger charge is -2.27. The highest BCUT2D eigenvalue weighted by molar-refractivity contribution is 7.91. The molecule has 212 valence electrons. The van der Waals surface area contributed by atoms with Crippen molar-refractivity contribution in [1.82, 2.24) is 19.5 Å². The summed E-state index contributed by atoms with van der Waals surface area (Å²) in [5, 5.41) is 0.511. The molecule has 0 fully saturated rings. The van der Waals surface area contributed by atoms with Crippen LogP contribution in [0.1, 0.15) is 25.8 Å². The van der Waals surface area contributed by atoms with E-state index in [1.807, 2.05) is 24.3 Å². The average molecular weight is 615 g/mol. The largest absolute Gasteiger partial charge is 0.466 e. The first-order chi connectivity index (χ1) is 19.5. The number of benzene rings is 2. The molecular formula is C28H25Cl2N5O5S. The van der Waals surface area contributed by atoms with Crippen molar-refractivity contribution < 1.29 is 22.7 Å². The third-order valence-corrected chi connectivity index (χ3v) is 8.94. The van der Waals surface area contributed by atoms with Gasteiger partial charge in [-0.3, -0.25) is 14.2 Å². The van der Waals surface area contributed by atoms with Crippen molar-refractivity contribution in [3.8, 4) is 11.1 Å². The molecule has 0 aliphatic carbocycles. The lowest BCUT2D eigenvalue weighted by atomic mass is 9.91. The number of sulfone groups is 1. The van der Waals surface area contributed by atoms with Crippen LogP contribution in [-0.4, -0.2) is 52.2 Å². The van der Waals surface area contributed by atoms with Gasteiger partial charge in [-0.05, 0) is 42.7 Å². The van der Waals surface area contributed by atoms with Crippen LogP contribution in [0.5, 0.6) is 0 Å². The summed E-state index contributed by atoms with van der Waals surface area (Å²) in [5.41, 5.74) is 1.53. The Morgan fingerprint density at radius 1 is 1.00 bits per heavy atom. The Labute approximate surface area is 246 Å². The Hall–Kier alpha value is -3.80. The van der Waals surface area contributed by atoms with Crippen molar-refractivity contribution in [3.63, 3.8) is 0 Å². The van der Waals surface area contributed by atoms with Crippen LogP contribution < -0.4 is 4.90 Å². The summed E-state index contributed by atoms with van der Waals surface area (Å²) in [6.07, 6.45) is 6.36. The second kappa shape index (κ2) is 11.2. The van der Waals surface area contributed by atoms with Gasteiger partial charge >= 0.3 is 5.97 Å². The zero-order valence-corrected chi connectivity index (χ0v) is 24.4. The highest BCUT2D eigenvalue weighted by atomic mass is 35.5. The number of esters is 1. The van der Waals surface area contributed by atoms with E-state index < -0.39 is 27.3 Å². The van der Waals surface area contributed by atoms with Crippen LogP contribution in [-0.2, 0) is 36.1 Å². The number of rotatable bonds is 9. The maximum absolute atomic E-state index is 14.2. The molecule has 0 radical (unpaired) electrons. The van der Waals surface area contributed by atoms with Crippen molar-refractivity contribution >= 4 is 56.6 Å². The molecule has 1 aliphatic rings. The molecule has 10 nitrogen and oxygen atoms in total. The number of hydrogen-bond acceptors (Lipinski definition) is 8. The number of fused-ring (bicyclic) bond motifs is 1. The monoisotopic (exact) mass is 613 g/mol. The predicted octanol–water partition coefficient (Wildman–Crippen LogP) is 5.01. The third-order valence-electron chi connectivity index (χ3n) is 6.75. The standard InChI is InChI=1S/C28H25Cl2N5O5S/c1-18(36)40-8-3-9-41(38,39)25-16-33-27-34(24-11-22(29)10-23(30)12-24)26(37)28(2,35(25)27)13-19-4-6-20(7-5-19)21-14-31-17-32-15-21/h4-7,10-12,14-17H,3,8-9,13H2,1-2H3/t28-/m1/s1. The number of carbonyl (C=O) groups is 2. The number of aromatic nitrogens is 4. The van der Waals surface area contributed by atoms with Crippen LogP contribution in [0.25, 0.3) is 11.1 Å². The van der Waals surface area contributed by atoms with Gasteiger partial charge in [0.25, 0.3) is 5.91 Å². The molecule has 0 saturated carbocycles.